The summed E-state index contributed by atoms with van der Waals surface area (Å²) in [6, 6.07) is 4.62. The fourth-order valence-corrected chi connectivity index (χ4v) is 1.70. The highest BCUT2D eigenvalue weighted by atomic mass is 32.2. The average Bonchev–Trinajstić information content (AvgIpc) is 2.06. The van der Waals surface area contributed by atoms with Crippen molar-refractivity contribution in [2.75, 3.05) is 11.0 Å². The van der Waals surface area contributed by atoms with E-state index in [0.29, 0.717) is 12.1 Å². The summed E-state index contributed by atoms with van der Waals surface area (Å²) in [6.07, 6.45) is 1.75. The maximum Gasteiger partial charge on any atom is 0.229 e. The minimum absolute atomic E-state index is 0.187. The van der Waals surface area contributed by atoms with Gasteiger partial charge in [-0.1, -0.05) is 6.92 Å². The van der Waals surface area contributed by atoms with E-state index in [4.69, 9.17) is 0 Å². The zero-order chi connectivity index (χ0) is 10.8. The van der Waals surface area contributed by atoms with Crippen molar-refractivity contribution in [1.29, 1.82) is 0 Å². The molecule has 1 aromatic carbocycles. The van der Waals surface area contributed by atoms with E-state index >= 15 is 0 Å². The molecule has 2 N–H and O–H groups in total. The maximum absolute atomic E-state index is 10.9. The Morgan fingerprint density at radius 1 is 1.43 bits per heavy atom. The molecule has 78 valence electrons. The van der Waals surface area contributed by atoms with Crippen molar-refractivity contribution in [1.82, 2.24) is 0 Å². The number of aryl methyl sites for hydroxylation is 1. The molecule has 0 saturated carbocycles. The van der Waals surface area contributed by atoms with E-state index in [1.165, 1.54) is 12.1 Å². The summed E-state index contributed by atoms with van der Waals surface area (Å²) < 4.78 is 24.2. The molecule has 0 amide bonds. The zero-order valence-electron chi connectivity index (χ0n) is 8.11. The Balaban J connectivity index is 3.01. The number of phenols is 1. The van der Waals surface area contributed by atoms with E-state index in [1.54, 1.807) is 6.07 Å². The Morgan fingerprint density at radius 2 is 2.07 bits per heavy atom. The van der Waals surface area contributed by atoms with Crippen molar-refractivity contribution in [3.05, 3.63) is 23.8 Å². The second-order valence-electron chi connectivity index (χ2n) is 3.07. The van der Waals surface area contributed by atoms with Crippen molar-refractivity contribution in [3.8, 4) is 5.75 Å². The van der Waals surface area contributed by atoms with Crippen LogP contribution >= 0.6 is 0 Å². The van der Waals surface area contributed by atoms with Gasteiger partial charge in [-0.25, -0.2) is 8.42 Å². The number of sulfonamides is 1. The highest BCUT2D eigenvalue weighted by molar-refractivity contribution is 7.92. The SMILES string of the molecule is CCc1cc(NS(C)(=O)=O)ccc1O. The lowest BCUT2D eigenvalue weighted by atomic mass is 10.1. The van der Waals surface area contributed by atoms with Crippen molar-refractivity contribution >= 4 is 15.7 Å². The molecule has 1 aromatic rings. The summed E-state index contributed by atoms with van der Waals surface area (Å²) in [4.78, 5) is 0. The Hall–Kier alpha value is -1.23. The molecule has 0 aliphatic heterocycles. The molecule has 0 atom stereocenters. The fraction of sp³-hybridized carbons (Fsp3) is 0.333. The van der Waals surface area contributed by atoms with Crippen molar-refractivity contribution < 1.29 is 13.5 Å². The van der Waals surface area contributed by atoms with Gasteiger partial charge in [0, 0.05) is 5.69 Å². The largest absolute Gasteiger partial charge is 0.508 e. The molecular weight excluding hydrogens is 202 g/mol. The molecule has 4 nitrogen and oxygen atoms in total. The summed E-state index contributed by atoms with van der Waals surface area (Å²) in [6.45, 7) is 1.89. The third-order valence-electron chi connectivity index (χ3n) is 1.76. The predicted octanol–water partition coefficient (Wildman–Crippen LogP) is 1.33. The molecular formula is C9H13NO3S. The van der Waals surface area contributed by atoms with Gasteiger partial charge in [-0.15, -0.1) is 0 Å². The smallest absolute Gasteiger partial charge is 0.229 e. The van der Waals surface area contributed by atoms with Crippen LogP contribution in [0.25, 0.3) is 0 Å². The van der Waals surface area contributed by atoms with Crippen LogP contribution in [0.1, 0.15) is 12.5 Å². The third-order valence-corrected chi connectivity index (χ3v) is 2.37. The number of phenolic OH excluding ortho intramolecular Hbond substituents is 1. The van der Waals surface area contributed by atoms with Gasteiger partial charge in [0.2, 0.25) is 10.0 Å². The average molecular weight is 215 g/mol. The molecule has 0 aromatic heterocycles. The Labute approximate surface area is 83.6 Å². The van der Waals surface area contributed by atoms with Crippen LogP contribution in [0.3, 0.4) is 0 Å². The standard InChI is InChI=1S/C9H13NO3S/c1-3-7-6-8(4-5-9(7)11)10-14(2,12)13/h4-6,10-11H,3H2,1-2H3. The van der Waals surface area contributed by atoms with Crippen LogP contribution in [0, 0.1) is 0 Å². The van der Waals surface area contributed by atoms with Crippen LogP contribution in [-0.4, -0.2) is 19.8 Å². The molecule has 0 heterocycles. The second kappa shape index (κ2) is 3.88. The predicted molar refractivity (Wildman–Crippen MR) is 56.0 cm³/mol. The molecule has 0 bridgehead atoms. The number of rotatable bonds is 3. The number of hydrogen-bond donors (Lipinski definition) is 2. The molecule has 5 heteroatoms. The van der Waals surface area contributed by atoms with E-state index in [-0.39, 0.29) is 5.75 Å². The quantitative estimate of drug-likeness (QED) is 0.747. The first-order chi connectivity index (χ1) is 6.42. The second-order valence-corrected chi connectivity index (χ2v) is 4.82. The lowest BCUT2D eigenvalue weighted by molar-refractivity contribution is 0.469. The molecule has 0 unspecified atom stereocenters. The van der Waals surface area contributed by atoms with Gasteiger partial charge in [0.1, 0.15) is 5.75 Å². The summed E-state index contributed by atoms with van der Waals surface area (Å²) in [5.41, 5.74) is 1.20. The minimum atomic E-state index is -3.25. The van der Waals surface area contributed by atoms with Gasteiger partial charge in [0.25, 0.3) is 0 Å². The van der Waals surface area contributed by atoms with Gasteiger partial charge < -0.3 is 5.11 Å². The van der Waals surface area contributed by atoms with Crippen molar-refractivity contribution in [2.24, 2.45) is 0 Å². The summed E-state index contributed by atoms with van der Waals surface area (Å²) in [5.74, 6) is 0.187. The van der Waals surface area contributed by atoms with Crippen LogP contribution in [-0.2, 0) is 16.4 Å². The fourth-order valence-electron chi connectivity index (χ4n) is 1.15. The van der Waals surface area contributed by atoms with Gasteiger partial charge in [0.15, 0.2) is 0 Å². The first-order valence-corrected chi connectivity index (χ1v) is 6.11. The highest BCUT2D eigenvalue weighted by Crippen LogP contribution is 2.22. The van der Waals surface area contributed by atoms with E-state index in [1.807, 2.05) is 6.92 Å². The topological polar surface area (TPSA) is 66.4 Å². The monoisotopic (exact) mass is 215 g/mol. The number of hydrogen-bond acceptors (Lipinski definition) is 3. The molecule has 14 heavy (non-hydrogen) atoms. The summed E-state index contributed by atoms with van der Waals surface area (Å²) >= 11 is 0. The highest BCUT2D eigenvalue weighted by Gasteiger charge is 2.04. The number of nitrogens with one attached hydrogen (secondary N) is 1. The van der Waals surface area contributed by atoms with E-state index in [2.05, 4.69) is 4.72 Å². The molecule has 0 saturated heterocycles. The lowest BCUT2D eigenvalue weighted by Crippen LogP contribution is -2.09. The van der Waals surface area contributed by atoms with Crippen LogP contribution in [0.2, 0.25) is 0 Å². The van der Waals surface area contributed by atoms with Gasteiger partial charge >= 0.3 is 0 Å². The van der Waals surface area contributed by atoms with Gasteiger partial charge in [-0.2, -0.15) is 0 Å². The van der Waals surface area contributed by atoms with E-state index < -0.39 is 10.0 Å². The van der Waals surface area contributed by atoms with Crippen LogP contribution in [0.4, 0.5) is 5.69 Å². The third kappa shape index (κ3) is 2.92. The first-order valence-electron chi connectivity index (χ1n) is 4.22. The molecule has 0 radical (unpaired) electrons. The number of benzene rings is 1. The lowest BCUT2D eigenvalue weighted by Gasteiger charge is -2.06. The van der Waals surface area contributed by atoms with Gasteiger partial charge in [0.05, 0.1) is 6.26 Å². The molecule has 0 fully saturated rings. The van der Waals surface area contributed by atoms with Crippen molar-refractivity contribution in [2.45, 2.75) is 13.3 Å². The van der Waals surface area contributed by atoms with Gasteiger partial charge in [-0.05, 0) is 30.2 Å². The van der Waals surface area contributed by atoms with E-state index in [9.17, 15) is 13.5 Å². The van der Waals surface area contributed by atoms with Crippen molar-refractivity contribution in [3.63, 3.8) is 0 Å². The Kier molecular flexibility index (Phi) is 3.00. The zero-order valence-corrected chi connectivity index (χ0v) is 8.93. The summed E-state index contributed by atoms with van der Waals surface area (Å²) in [5, 5.41) is 9.36. The van der Waals surface area contributed by atoms with Crippen LogP contribution < -0.4 is 4.72 Å². The molecule has 0 aliphatic carbocycles. The minimum Gasteiger partial charge on any atom is -0.508 e. The first kappa shape index (κ1) is 10.8. The summed E-state index contributed by atoms with van der Waals surface area (Å²) in [7, 11) is -3.25. The van der Waals surface area contributed by atoms with E-state index in [0.717, 1.165) is 11.8 Å². The maximum atomic E-state index is 10.9. The Bertz CT molecular complexity index is 426. The van der Waals surface area contributed by atoms with Crippen LogP contribution in [0.15, 0.2) is 18.2 Å². The van der Waals surface area contributed by atoms with Crippen LogP contribution in [0.5, 0.6) is 5.75 Å². The number of aromatic hydroxyl groups is 1. The number of anilines is 1. The molecule has 0 spiro atoms. The Morgan fingerprint density at radius 3 is 2.57 bits per heavy atom. The van der Waals surface area contributed by atoms with Gasteiger partial charge in [-0.3, -0.25) is 4.72 Å². The molecule has 1 rings (SSSR count). The molecule has 0 aliphatic rings. The normalized spacial score (nSPS) is 11.3.